The van der Waals surface area contributed by atoms with Gasteiger partial charge in [-0.1, -0.05) is 0 Å². The van der Waals surface area contributed by atoms with Gasteiger partial charge in [0.15, 0.2) is 0 Å². The van der Waals surface area contributed by atoms with Gasteiger partial charge in [-0.25, -0.2) is 0 Å². The van der Waals surface area contributed by atoms with Crippen molar-refractivity contribution in [3.63, 3.8) is 0 Å². The maximum atomic E-state index is 12.6. The molecule has 0 radical (unpaired) electrons. The Morgan fingerprint density at radius 3 is 2.55 bits per heavy atom. The van der Waals surface area contributed by atoms with Crippen LogP contribution in [0.4, 0.5) is 0 Å². The number of hydrogen-bond acceptors (Lipinski definition) is 4. The van der Waals surface area contributed by atoms with Gasteiger partial charge in [-0.3, -0.25) is 9.59 Å². The molecule has 0 spiro atoms. The lowest BCUT2D eigenvalue weighted by Crippen LogP contribution is -2.44. The molecule has 1 aromatic rings. The Labute approximate surface area is 131 Å². The Morgan fingerprint density at radius 2 is 2.00 bits per heavy atom. The highest BCUT2D eigenvalue weighted by molar-refractivity contribution is 5.95. The fraction of sp³-hybridized carbons (Fsp3) is 0.647. The Kier molecular flexibility index (Phi) is 4.63. The summed E-state index contributed by atoms with van der Waals surface area (Å²) in [5, 5.41) is 0. The van der Waals surface area contributed by atoms with Gasteiger partial charge in [-0.05, 0) is 53.5 Å². The van der Waals surface area contributed by atoms with Crippen LogP contribution in [0.15, 0.2) is 10.5 Å². The highest BCUT2D eigenvalue weighted by Gasteiger charge is 2.32. The topological polar surface area (TPSA) is 59.8 Å². The molecule has 0 aromatic carbocycles. The van der Waals surface area contributed by atoms with Crippen LogP contribution in [-0.4, -0.2) is 35.5 Å². The molecular formula is C17H25NO4. The van der Waals surface area contributed by atoms with E-state index in [0.717, 1.165) is 18.6 Å². The van der Waals surface area contributed by atoms with Crippen molar-refractivity contribution in [2.24, 2.45) is 5.92 Å². The highest BCUT2D eigenvalue weighted by atomic mass is 16.6. The number of furan rings is 1. The fourth-order valence-corrected chi connectivity index (χ4v) is 2.75. The van der Waals surface area contributed by atoms with E-state index in [0.29, 0.717) is 24.4 Å². The van der Waals surface area contributed by atoms with Crippen LogP contribution in [0, 0.1) is 19.8 Å². The van der Waals surface area contributed by atoms with Gasteiger partial charge in [-0.2, -0.15) is 0 Å². The molecule has 1 amide bonds. The van der Waals surface area contributed by atoms with Crippen LogP contribution in [0.25, 0.3) is 0 Å². The molecule has 1 saturated heterocycles. The maximum absolute atomic E-state index is 12.6. The van der Waals surface area contributed by atoms with E-state index < -0.39 is 5.60 Å². The number of piperidine rings is 1. The van der Waals surface area contributed by atoms with Crippen LogP contribution >= 0.6 is 0 Å². The summed E-state index contributed by atoms with van der Waals surface area (Å²) in [5.74, 6) is 0.821. The highest BCUT2D eigenvalue weighted by Crippen LogP contribution is 2.24. The maximum Gasteiger partial charge on any atom is 0.311 e. The zero-order valence-corrected chi connectivity index (χ0v) is 14.1. The molecule has 1 aliphatic rings. The smallest absolute Gasteiger partial charge is 0.311 e. The average molecular weight is 307 g/mol. The van der Waals surface area contributed by atoms with Crippen molar-refractivity contribution < 1.29 is 18.7 Å². The van der Waals surface area contributed by atoms with Gasteiger partial charge in [-0.15, -0.1) is 0 Å². The molecule has 1 aromatic heterocycles. The molecule has 5 heteroatoms. The lowest BCUT2D eigenvalue weighted by molar-refractivity contribution is -0.161. The molecular weight excluding hydrogens is 282 g/mol. The minimum atomic E-state index is -0.498. The SMILES string of the molecule is Cc1cc(C(=O)N2CCC[C@@H](C(=O)OC(C)(C)C)C2)c(C)o1. The summed E-state index contributed by atoms with van der Waals surface area (Å²) in [6.45, 7) is 10.3. The number of aryl methyl sites for hydroxylation is 2. The number of esters is 1. The number of hydrogen-bond donors (Lipinski definition) is 0. The Bertz CT molecular complexity index is 568. The Hall–Kier alpha value is -1.78. The quantitative estimate of drug-likeness (QED) is 0.788. The molecule has 0 aliphatic carbocycles. The first-order valence-electron chi connectivity index (χ1n) is 7.76. The second-order valence-electron chi connectivity index (χ2n) is 6.95. The van der Waals surface area contributed by atoms with E-state index in [1.54, 1.807) is 17.9 Å². The van der Waals surface area contributed by atoms with Gasteiger partial charge >= 0.3 is 5.97 Å². The normalized spacial score (nSPS) is 19.1. The van der Waals surface area contributed by atoms with Crippen LogP contribution in [-0.2, 0) is 9.53 Å². The van der Waals surface area contributed by atoms with E-state index in [1.165, 1.54) is 0 Å². The van der Waals surface area contributed by atoms with Crippen molar-refractivity contribution >= 4 is 11.9 Å². The molecule has 0 bridgehead atoms. The molecule has 0 N–H and O–H groups in total. The van der Waals surface area contributed by atoms with Gasteiger partial charge < -0.3 is 14.1 Å². The molecule has 5 nitrogen and oxygen atoms in total. The van der Waals surface area contributed by atoms with E-state index in [2.05, 4.69) is 0 Å². The second-order valence-corrected chi connectivity index (χ2v) is 6.95. The van der Waals surface area contributed by atoms with Crippen molar-refractivity contribution in [3.05, 3.63) is 23.2 Å². The molecule has 22 heavy (non-hydrogen) atoms. The first kappa shape index (κ1) is 16.6. The van der Waals surface area contributed by atoms with E-state index in [4.69, 9.17) is 9.15 Å². The van der Waals surface area contributed by atoms with Crippen molar-refractivity contribution in [1.29, 1.82) is 0 Å². The van der Waals surface area contributed by atoms with Gasteiger partial charge in [0.1, 0.15) is 17.1 Å². The van der Waals surface area contributed by atoms with Gasteiger partial charge in [0.05, 0.1) is 11.5 Å². The van der Waals surface area contributed by atoms with Crippen molar-refractivity contribution in [2.45, 2.75) is 53.1 Å². The largest absolute Gasteiger partial charge is 0.466 e. The zero-order chi connectivity index (χ0) is 16.5. The molecule has 122 valence electrons. The minimum Gasteiger partial charge on any atom is -0.466 e. The number of carbonyl (C=O) groups excluding carboxylic acids is 2. The van der Waals surface area contributed by atoms with Gasteiger partial charge in [0.25, 0.3) is 5.91 Å². The number of nitrogens with zero attached hydrogens (tertiary/aromatic N) is 1. The summed E-state index contributed by atoms with van der Waals surface area (Å²) < 4.78 is 10.9. The van der Waals surface area contributed by atoms with Crippen molar-refractivity contribution in [2.75, 3.05) is 13.1 Å². The second kappa shape index (κ2) is 6.15. The molecule has 0 saturated carbocycles. The van der Waals surface area contributed by atoms with Gasteiger partial charge in [0.2, 0.25) is 0 Å². The molecule has 0 unspecified atom stereocenters. The summed E-state index contributed by atoms with van der Waals surface area (Å²) in [6.07, 6.45) is 1.58. The van der Waals surface area contributed by atoms with E-state index >= 15 is 0 Å². The monoisotopic (exact) mass is 307 g/mol. The van der Waals surface area contributed by atoms with Crippen LogP contribution in [0.1, 0.15) is 55.5 Å². The number of rotatable bonds is 2. The summed E-state index contributed by atoms with van der Waals surface area (Å²) in [7, 11) is 0. The predicted octanol–water partition coefficient (Wildman–Crippen LogP) is 3.09. The third kappa shape index (κ3) is 3.90. The Morgan fingerprint density at radius 1 is 1.32 bits per heavy atom. The minimum absolute atomic E-state index is 0.0670. The summed E-state index contributed by atoms with van der Waals surface area (Å²) >= 11 is 0. The lowest BCUT2D eigenvalue weighted by atomic mass is 9.97. The van der Waals surface area contributed by atoms with Crippen LogP contribution < -0.4 is 0 Å². The summed E-state index contributed by atoms with van der Waals surface area (Å²) in [4.78, 5) is 26.5. The Balaban J connectivity index is 2.06. The first-order chi connectivity index (χ1) is 10.2. The number of ether oxygens (including phenoxy) is 1. The van der Waals surface area contributed by atoms with E-state index in [9.17, 15) is 9.59 Å². The fourth-order valence-electron chi connectivity index (χ4n) is 2.75. The first-order valence-corrected chi connectivity index (χ1v) is 7.76. The lowest BCUT2D eigenvalue weighted by Gasteiger charge is -2.33. The molecule has 1 aliphatic heterocycles. The van der Waals surface area contributed by atoms with Crippen LogP contribution in [0.2, 0.25) is 0 Å². The standard InChI is InChI=1S/C17H25NO4/c1-11-9-14(12(2)21-11)15(19)18-8-6-7-13(10-18)16(20)22-17(3,4)5/h9,13H,6-8,10H2,1-5H3/t13-/m1/s1. The van der Waals surface area contributed by atoms with Gasteiger partial charge in [0, 0.05) is 13.1 Å². The third-order valence-corrected chi connectivity index (χ3v) is 3.72. The molecule has 2 heterocycles. The molecule has 1 atom stereocenters. The summed E-state index contributed by atoms with van der Waals surface area (Å²) in [6, 6.07) is 1.76. The number of likely N-dealkylation sites (tertiary alicyclic amines) is 1. The zero-order valence-electron chi connectivity index (χ0n) is 14.1. The number of carbonyl (C=O) groups is 2. The molecule has 1 fully saturated rings. The predicted molar refractivity (Wildman–Crippen MR) is 82.7 cm³/mol. The number of amides is 1. The van der Waals surface area contributed by atoms with Crippen molar-refractivity contribution in [1.82, 2.24) is 4.90 Å². The van der Waals surface area contributed by atoms with Crippen LogP contribution in [0.3, 0.4) is 0 Å². The van der Waals surface area contributed by atoms with E-state index in [1.807, 2.05) is 27.7 Å². The molecule has 2 rings (SSSR count). The van der Waals surface area contributed by atoms with Crippen molar-refractivity contribution in [3.8, 4) is 0 Å². The average Bonchev–Trinajstić information content (AvgIpc) is 2.75. The van der Waals surface area contributed by atoms with Crippen LogP contribution in [0.5, 0.6) is 0 Å². The summed E-state index contributed by atoms with van der Waals surface area (Å²) in [5.41, 5.74) is 0.0871. The van der Waals surface area contributed by atoms with E-state index in [-0.39, 0.29) is 17.8 Å². The third-order valence-electron chi connectivity index (χ3n) is 3.72.